The van der Waals surface area contributed by atoms with Gasteiger partial charge in [0.2, 0.25) is 0 Å². The molecule has 0 saturated carbocycles. The number of nitrogens with zero attached hydrogens (tertiary/aromatic N) is 4. The van der Waals surface area contributed by atoms with Crippen LogP contribution in [0, 0.1) is 25.7 Å². The van der Waals surface area contributed by atoms with E-state index in [1.807, 2.05) is 31.2 Å². The molecule has 0 bridgehead atoms. The summed E-state index contributed by atoms with van der Waals surface area (Å²) in [4.78, 5) is 8.50. The minimum Gasteiger partial charge on any atom is -0.337 e. The number of aryl methyl sites for hydroxylation is 3. The fourth-order valence-corrected chi connectivity index (χ4v) is 4.23. The lowest BCUT2D eigenvalue weighted by atomic mass is 10.1. The summed E-state index contributed by atoms with van der Waals surface area (Å²) in [5.41, 5.74) is 2.84. The molecule has 0 N–H and O–H groups in total. The number of sulfonamides is 1. The summed E-state index contributed by atoms with van der Waals surface area (Å²) >= 11 is 0. The first-order valence-corrected chi connectivity index (χ1v) is 9.93. The molecule has 1 aliphatic heterocycles. The van der Waals surface area contributed by atoms with E-state index in [2.05, 4.69) is 21.8 Å². The first-order valence-electron chi connectivity index (χ1n) is 8.49. The molecule has 1 fully saturated rings. The van der Waals surface area contributed by atoms with Crippen LogP contribution in [0.2, 0.25) is 0 Å². The molecule has 0 spiro atoms. The SMILES string of the molecule is Cc1cccc(C#CC=C2CCN(S(=O)(=O)c3cn(C)c(C)n3)CC2)n1. The molecule has 1 aliphatic rings. The molecule has 3 rings (SSSR count). The van der Waals surface area contributed by atoms with Crippen molar-refractivity contribution in [3.05, 3.63) is 53.3 Å². The lowest BCUT2D eigenvalue weighted by molar-refractivity contribution is 0.385. The maximum Gasteiger partial charge on any atom is 0.262 e. The Morgan fingerprint density at radius 2 is 1.88 bits per heavy atom. The molecular formula is C19H22N4O2S. The highest BCUT2D eigenvalue weighted by atomic mass is 32.2. The zero-order valence-corrected chi connectivity index (χ0v) is 16.0. The monoisotopic (exact) mass is 370 g/mol. The average molecular weight is 370 g/mol. The van der Waals surface area contributed by atoms with Crippen LogP contribution in [-0.2, 0) is 17.1 Å². The van der Waals surface area contributed by atoms with E-state index < -0.39 is 10.0 Å². The second-order valence-electron chi connectivity index (χ2n) is 6.38. The highest BCUT2D eigenvalue weighted by Crippen LogP contribution is 2.22. The van der Waals surface area contributed by atoms with Gasteiger partial charge in [-0.05, 0) is 50.8 Å². The molecule has 136 valence electrons. The topological polar surface area (TPSA) is 68.1 Å². The Bertz CT molecular complexity index is 980. The molecule has 3 heterocycles. The quantitative estimate of drug-likeness (QED) is 0.760. The maximum absolute atomic E-state index is 12.7. The van der Waals surface area contributed by atoms with E-state index in [-0.39, 0.29) is 5.03 Å². The van der Waals surface area contributed by atoms with Crippen LogP contribution in [0.15, 0.2) is 41.1 Å². The standard InChI is InChI=1S/C19H22N4O2S/c1-15-6-4-8-18(20-15)9-5-7-17-10-12-23(13-11-17)26(24,25)19-14-22(3)16(2)21-19/h4,6-8,14H,10-13H2,1-3H3. The molecule has 0 aromatic carbocycles. The van der Waals surface area contributed by atoms with Crippen LogP contribution in [-0.4, -0.2) is 40.3 Å². The highest BCUT2D eigenvalue weighted by Gasteiger charge is 2.29. The summed E-state index contributed by atoms with van der Waals surface area (Å²) in [5, 5.41) is 0.121. The molecule has 0 aliphatic carbocycles. The smallest absolute Gasteiger partial charge is 0.262 e. The summed E-state index contributed by atoms with van der Waals surface area (Å²) in [6.07, 6.45) is 4.82. The van der Waals surface area contributed by atoms with Crippen molar-refractivity contribution in [1.82, 2.24) is 18.8 Å². The van der Waals surface area contributed by atoms with Crippen LogP contribution in [0.3, 0.4) is 0 Å². The van der Waals surface area contributed by atoms with Crippen molar-refractivity contribution in [2.45, 2.75) is 31.7 Å². The normalized spacial score (nSPS) is 15.4. The molecule has 2 aromatic heterocycles. The fraction of sp³-hybridized carbons (Fsp3) is 0.368. The van der Waals surface area contributed by atoms with Gasteiger partial charge in [0.05, 0.1) is 0 Å². The Morgan fingerprint density at radius 3 is 2.50 bits per heavy atom. The van der Waals surface area contributed by atoms with Crippen LogP contribution >= 0.6 is 0 Å². The van der Waals surface area contributed by atoms with Crippen molar-refractivity contribution in [1.29, 1.82) is 0 Å². The molecule has 0 atom stereocenters. The summed E-state index contributed by atoms with van der Waals surface area (Å²) < 4.78 is 28.6. The number of aromatic nitrogens is 3. The molecule has 0 unspecified atom stereocenters. The van der Waals surface area contributed by atoms with Gasteiger partial charge in [-0.3, -0.25) is 0 Å². The van der Waals surface area contributed by atoms with E-state index in [0.29, 0.717) is 31.8 Å². The fourth-order valence-electron chi connectivity index (χ4n) is 2.77. The lowest BCUT2D eigenvalue weighted by Gasteiger charge is -2.26. The van der Waals surface area contributed by atoms with Crippen LogP contribution in [0.4, 0.5) is 0 Å². The molecule has 7 heteroatoms. The lowest BCUT2D eigenvalue weighted by Crippen LogP contribution is -2.36. The Hall–Kier alpha value is -2.43. The van der Waals surface area contributed by atoms with Gasteiger partial charge in [0.25, 0.3) is 10.0 Å². The average Bonchev–Trinajstić information content (AvgIpc) is 2.95. The largest absolute Gasteiger partial charge is 0.337 e. The number of piperidine rings is 1. The van der Waals surface area contributed by atoms with Crippen molar-refractivity contribution >= 4 is 10.0 Å². The number of hydrogen-bond acceptors (Lipinski definition) is 4. The second-order valence-corrected chi connectivity index (χ2v) is 8.26. The minimum absolute atomic E-state index is 0.121. The van der Waals surface area contributed by atoms with Gasteiger partial charge >= 0.3 is 0 Å². The van der Waals surface area contributed by atoms with E-state index in [1.165, 1.54) is 4.31 Å². The van der Waals surface area contributed by atoms with Crippen LogP contribution in [0.1, 0.15) is 30.1 Å². The third-order valence-electron chi connectivity index (χ3n) is 4.42. The van der Waals surface area contributed by atoms with Gasteiger partial charge in [-0.2, -0.15) is 4.31 Å². The Balaban J connectivity index is 1.66. The van der Waals surface area contributed by atoms with E-state index in [0.717, 1.165) is 17.0 Å². The predicted octanol–water partition coefficient (Wildman–Crippen LogP) is 2.19. The van der Waals surface area contributed by atoms with Crippen LogP contribution in [0.25, 0.3) is 0 Å². The number of imidazole rings is 1. The molecule has 1 saturated heterocycles. The Labute approximate surface area is 154 Å². The summed E-state index contributed by atoms with van der Waals surface area (Å²) in [7, 11) is -1.74. The van der Waals surface area contributed by atoms with Crippen LogP contribution in [0.5, 0.6) is 0 Å². The second kappa shape index (κ2) is 7.44. The van der Waals surface area contributed by atoms with Crippen LogP contribution < -0.4 is 0 Å². The van der Waals surface area contributed by atoms with Gasteiger partial charge in [0.1, 0.15) is 11.5 Å². The molecule has 26 heavy (non-hydrogen) atoms. The Morgan fingerprint density at radius 1 is 1.15 bits per heavy atom. The van der Waals surface area contributed by atoms with Gasteiger partial charge in [-0.15, -0.1) is 0 Å². The minimum atomic E-state index is -3.53. The molecule has 6 nitrogen and oxygen atoms in total. The third-order valence-corrected chi connectivity index (χ3v) is 6.19. The number of pyridine rings is 1. The third kappa shape index (κ3) is 4.03. The van der Waals surface area contributed by atoms with Crippen molar-refractivity contribution < 1.29 is 8.42 Å². The maximum atomic E-state index is 12.7. The predicted molar refractivity (Wildman–Crippen MR) is 99.9 cm³/mol. The van der Waals surface area contributed by atoms with E-state index in [1.54, 1.807) is 24.7 Å². The van der Waals surface area contributed by atoms with Crippen molar-refractivity contribution in [3.8, 4) is 11.8 Å². The number of hydrogen-bond donors (Lipinski definition) is 0. The molecular weight excluding hydrogens is 348 g/mol. The first kappa shape index (κ1) is 18.4. The zero-order chi connectivity index (χ0) is 18.7. The number of allylic oxidation sites excluding steroid dienone is 1. The van der Waals surface area contributed by atoms with Gasteiger partial charge < -0.3 is 4.57 Å². The zero-order valence-electron chi connectivity index (χ0n) is 15.2. The summed E-state index contributed by atoms with van der Waals surface area (Å²) in [6, 6.07) is 5.74. The van der Waals surface area contributed by atoms with Gasteiger partial charge in [-0.25, -0.2) is 18.4 Å². The first-order chi connectivity index (χ1) is 12.4. The van der Waals surface area contributed by atoms with E-state index in [9.17, 15) is 8.42 Å². The summed E-state index contributed by atoms with van der Waals surface area (Å²) in [6.45, 7) is 4.63. The molecule has 0 radical (unpaired) electrons. The van der Waals surface area contributed by atoms with Gasteiger partial charge in [-0.1, -0.05) is 17.6 Å². The molecule has 2 aromatic rings. The van der Waals surface area contributed by atoms with E-state index in [4.69, 9.17) is 0 Å². The van der Waals surface area contributed by atoms with E-state index >= 15 is 0 Å². The highest BCUT2D eigenvalue weighted by molar-refractivity contribution is 7.89. The Kier molecular flexibility index (Phi) is 5.25. The van der Waals surface area contributed by atoms with Crippen molar-refractivity contribution in [2.75, 3.05) is 13.1 Å². The van der Waals surface area contributed by atoms with Crippen molar-refractivity contribution in [2.24, 2.45) is 7.05 Å². The number of rotatable bonds is 2. The van der Waals surface area contributed by atoms with Gasteiger partial charge in [0, 0.05) is 32.0 Å². The molecule has 0 amide bonds. The summed E-state index contributed by atoms with van der Waals surface area (Å²) in [5.74, 6) is 6.75. The van der Waals surface area contributed by atoms with Crippen molar-refractivity contribution in [3.63, 3.8) is 0 Å². The van der Waals surface area contributed by atoms with Gasteiger partial charge in [0.15, 0.2) is 5.03 Å².